The molecule has 5 heteroatoms. The number of aromatic hydroxyl groups is 1. The third-order valence-corrected chi connectivity index (χ3v) is 4.81. The van der Waals surface area contributed by atoms with Gasteiger partial charge < -0.3 is 14.8 Å². The summed E-state index contributed by atoms with van der Waals surface area (Å²) < 4.78 is 6.17. The van der Waals surface area contributed by atoms with E-state index in [2.05, 4.69) is 4.98 Å². The van der Waals surface area contributed by atoms with Gasteiger partial charge >= 0.3 is 0 Å². The molecule has 1 heterocycles. The topological polar surface area (TPSA) is 62.3 Å². The first kappa shape index (κ1) is 18.3. The third kappa shape index (κ3) is 3.93. The second-order valence-electron chi connectivity index (χ2n) is 6.55. The fourth-order valence-electron chi connectivity index (χ4n) is 3.16. The molecule has 0 aliphatic carbocycles. The minimum atomic E-state index is -0.590. The van der Waals surface area contributed by atoms with Crippen LogP contribution in [0.1, 0.15) is 22.8 Å². The molecule has 0 aliphatic heterocycles. The van der Waals surface area contributed by atoms with E-state index < -0.39 is 6.10 Å². The fraction of sp³-hybridized carbons (Fsp3) is 0.0870. The molecule has 1 atom stereocenters. The molecule has 0 radical (unpaired) electrons. The molecule has 140 valence electrons. The van der Waals surface area contributed by atoms with Gasteiger partial charge in [-0.2, -0.15) is 0 Å². The molecule has 3 aromatic carbocycles. The molecule has 1 aromatic heterocycles. The molecular formula is C23H18ClNO3. The van der Waals surface area contributed by atoms with E-state index in [1.54, 1.807) is 42.5 Å². The van der Waals surface area contributed by atoms with Gasteiger partial charge in [0.05, 0.1) is 12.2 Å². The lowest BCUT2D eigenvalue weighted by Gasteiger charge is -2.19. The van der Waals surface area contributed by atoms with Crippen molar-refractivity contribution in [2.24, 2.45) is 0 Å². The highest BCUT2D eigenvalue weighted by molar-refractivity contribution is 6.31. The Morgan fingerprint density at radius 3 is 2.46 bits per heavy atom. The highest BCUT2D eigenvalue weighted by atomic mass is 35.5. The molecule has 0 amide bonds. The van der Waals surface area contributed by atoms with Gasteiger partial charge in [-0.15, -0.1) is 0 Å². The SMILES string of the molecule is O=c1[nH]c2ccc(Cl)cc2cc1C(OCc1ccccc1)c1ccc(O)cc1. The van der Waals surface area contributed by atoms with Crippen LogP contribution in [0.4, 0.5) is 0 Å². The molecule has 0 spiro atoms. The minimum absolute atomic E-state index is 0.157. The smallest absolute Gasteiger partial charge is 0.254 e. The van der Waals surface area contributed by atoms with E-state index in [4.69, 9.17) is 16.3 Å². The van der Waals surface area contributed by atoms with Crippen molar-refractivity contribution >= 4 is 22.5 Å². The molecule has 1 unspecified atom stereocenters. The normalized spacial score (nSPS) is 12.2. The van der Waals surface area contributed by atoms with Crippen LogP contribution in [-0.4, -0.2) is 10.1 Å². The predicted octanol–water partition coefficient (Wildman–Crippen LogP) is 5.19. The number of hydrogen-bond donors (Lipinski definition) is 2. The summed E-state index contributed by atoms with van der Waals surface area (Å²) in [7, 11) is 0. The van der Waals surface area contributed by atoms with Crippen molar-refractivity contribution in [1.29, 1.82) is 0 Å². The Morgan fingerprint density at radius 1 is 0.964 bits per heavy atom. The molecule has 0 saturated carbocycles. The standard InChI is InChI=1S/C23H18ClNO3/c24-18-8-11-21-17(12-18)13-20(23(27)25-21)22(16-6-9-19(26)10-7-16)28-14-15-4-2-1-3-5-15/h1-13,22,26H,14H2,(H,25,27). The summed E-state index contributed by atoms with van der Waals surface area (Å²) in [5.41, 5.74) is 2.76. The number of halogens is 1. The van der Waals surface area contributed by atoms with Crippen molar-refractivity contribution in [3.05, 3.63) is 111 Å². The Hall–Kier alpha value is -3.08. The van der Waals surface area contributed by atoms with Gasteiger partial charge in [0.2, 0.25) is 0 Å². The maximum absolute atomic E-state index is 12.8. The first-order chi connectivity index (χ1) is 13.6. The van der Waals surface area contributed by atoms with Crippen LogP contribution in [0.5, 0.6) is 5.75 Å². The summed E-state index contributed by atoms with van der Waals surface area (Å²) in [6.07, 6.45) is -0.590. The number of H-pyrrole nitrogens is 1. The summed E-state index contributed by atoms with van der Waals surface area (Å²) in [6, 6.07) is 23.6. The fourth-order valence-corrected chi connectivity index (χ4v) is 3.34. The Bertz CT molecular complexity index is 1150. The lowest BCUT2D eigenvalue weighted by Crippen LogP contribution is -2.19. The Kier molecular flexibility index (Phi) is 5.15. The molecule has 28 heavy (non-hydrogen) atoms. The van der Waals surface area contributed by atoms with Gasteiger partial charge in [0.15, 0.2) is 0 Å². The summed E-state index contributed by atoms with van der Waals surface area (Å²) in [5.74, 6) is 0.157. The van der Waals surface area contributed by atoms with E-state index in [-0.39, 0.29) is 11.3 Å². The lowest BCUT2D eigenvalue weighted by molar-refractivity contribution is 0.0659. The third-order valence-electron chi connectivity index (χ3n) is 4.57. The molecule has 0 aliphatic rings. The molecule has 4 nitrogen and oxygen atoms in total. The summed E-state index contributed by atoms with van der Waals surface area (Å²) in [4.78, 5) is 15.7. The predicted molar refractivity (Wildman–Crippen MR) is 111 cm³/mol. The number of aromatic amines is 1. The quantitative estimate of drug-likeness (QED) is 0.492. The number of hydrogen-bond acceptors (Lipinski definition) is 3. The number of ether oxygens (including phenoxy) is 1. The highest BCUT2D eigenvalue weighted by Crippen LogP contribution is 2.28. The van der Waals surface area contributed by atoms with Crippen molar-refractivity contribution in [2.45, 2.75) is 12.7 Å². The van der Waals surface area contributed by atoms with E-state index in [1.807, 2.05) is 36.4 Å². The molecule has 4 rings (SSSR count). The molecule has 4 aromatic rings. The van der Waals surface area contributed by atoms with Gasteiger partial charge in [0.25, 0.3) is 5.56 Å². The van der Waals surface area contributed by atoms with Crippen molar-refractivity contribution in [2.75, 3.05) is 0 Å². The van der Waals surface area contributed by atoms with Crippen LogP contribution in [0, 0.1) is 0 Å². The number of phenols is 1. The number of fused-ring (bicyclic) bond motifs is 1. The second kappa shape index (κ2) is 7.89. The van der Waals surface area contributed by atoms with Crippen molar-refractivity contribution < 1.29 is 9.84 Å². The van der Waals surface area contributed by atoms with Crippen LogP contribution >= 0.6 is 11.6 Å². The van der Waals surface area contributed by atoms with Crippen molar-refractivity contribution in [3.8, 4) is 5.75 Å². The highest BCUT2D eigenvalue weighted by Gasteiger charge is 2.19. The first-order valence-electron chi connectivity index (χ1n) is 8.87. The van der Waals surface area contributed by atoms with Crippen LogP contribution in [0.15, 0.2) is 83.7 Å². The first-order valence-corrected chi connectivity index (χ1v) is 9.25. The Morgan fingerprint density at radius 2 is 1.71 bits per heavy atom. The number of aromatic nitrogens is 1. The largest absolute Gasteiger partial charge is 0.508 e. The number of nitrogens with one attached hydrogen (secondary N) is 1. The monoisotopic (exact) mass is 391 g/mol. The maximum Gasteiger partial charge on any atom is 0.254 e. The summed E-state index contributed by atoms with van der Waals surface area (Å²) in [5, 5.41) is 11.0. The van der Waals surface area contributed by atoms with E-state index >= 15 is 0 Å². The Balaban J connectivity index is 1.78. The molecule has 0 saturated heterocycles. The van der Waals surface area contributed by atoms with Crippen molar-refractivity contribution in [1.82, 2.24) is 4.98 Å². The van der Waals surface area contributed by atoms with Crippen LogP contribution in [0.2, 0.25) is 5.02 Å². The van der Waals surface area contributed by atoms with Gasteiger partial charge in [-0.25, -0.2) is 0 Å². The van der Waals surface area contributed by atoms with Gasteiger partial charge in [0.1, 0.15) is 11.9 Å². The van der Waals surface area contributed by atoms with Gasteiger partial charge in [-0.3, -0.25) is 4.79 Å². The number of rotatable bonds is 5. The number of pyridine rings is 1. The molecule has 0 fully saturated rings. The minimum Gasteiger partial charge on any atom is -0.508 e. The van der Waals surface area contributed by atoms with Gasteiger partial charge in [-0.1, -0.05) is 54.1 Å². The van der Waals surface area contributed by atoms with Crippen LogP contribution in [0.3, 0.4) is 0 Å². The van der Waals surface area contributed by atoms with Gasteiger partial charge in [0, 0.05) is 15.9 Å². The zero-order chi connectivity index (χ0) is 19.5. The van der Waals surface area contributed by atoms with Crippen molar-refractivity contribution in [3.63, 3.8) is 0 Å². The summed E-state index contributed by atoms with van der Waals surface area (Å²) >= 11 is 6.11. The average Bonchev–Trinajstić information content (AvgIpc) is 2.71. The van der Waals surface area contributed by atoms with E-state index in [0.29, 0.717) is 22.7 Å². The van der Waals surface area contributed by atoms with E-state index in [0.717, 1.165) is 16.5 Å². The zero-order valence-corrected chi connectivity index (χ0v) is 15.7. The molecular weight excluding hydrogens is 374 g/mol. The number of benzene rings is 3. The number of phenolic OH excluding ortho intramolecular Hbond substituents is 1. The van der Waals surface area contributed by atoms with Gasteiger partial charge in [-0.05, 0) is 47.5 Å². The maximum atomic E-state index is 12.8. The zero-order valence-electron chi connectivity index (χ0n) is 14.9. The molecule has 2 N–H and O–H groups in total. The Labute approximate surface area is 167 Å². The van der Waals surface area contributed by atoms with E-state index in [1.165, 1.54) is 0 Å². The van der Waals surface area contributed by atoms with E-state index in [9.17, 15) is 9.90 Å². The van der Waals surface area contributed by atoms with Crippen LogP contribution in [0.25, 0.3) is 10.9 Å². The summed E-state index contributed by atoms with van der Waals surface area (Å²) in [6.45, 7) is 0.347. The second-order valence-corrected chi connectivity index (χ2v) is 6.99. The average molecular weight is 392 g/mol. The van der Waals surface area contributed by atoms with Crippen LogP contribution in [-0.2, 0) is 11.3 Å². The molecule has 0 bridgehead atoms. The lowest BCUT2D eigenvalue weighted by atomic mass is 10.0. The van der Waals surface area contributed by atoms with Crippen LogP contribution < -0.4 is 5.56 Å².